The molecular formula is C24H42IN5O5Si2. The minimum Gasteiger partial charge on any atom is -0.429 e. The molecule has 37 heavy (non-hydrogen) atoms. The molecule has 4 atom stereocenters. The predicted octanol–water partition coefficient (Wildman–Crippen LogP) is 5.41. The van der Waals surface area contributed by atoms with Crippen molar-refractivity contribution in [3.05, 3.63) is 12.7 Å². The number of anilines is 1. The number of hydrogen-bond acceptors (Lipinski definition) is 9. The first kappa shape index (κ1) is 30.4. The van der Waals surface area contributed by atoms with Crippen LogP contribution in [-0.2, 0) is 23.1 Å². The van der Waals surface area contributed by atoms with Crippen molar-refractivity contribution in [1.82, 2.24) is 19.5 Å². The molecule has 3 rings (SSSR count). The first-order valence-corrected chi connectivity index (χ1v) is 19.5. The van der Waals surface area contributed by atoms with Crippen LogP contribution in [0.4, 0.5) is 5.82 Å². The highest BCUT2D eigenvalue weighted by Gasteiger charge is 2.61. The Morgan fingerprint density at radius 1 is 1.11 bits per heavy atom. The third kappa shape index (κ3) is 5.90. The number of hydrogen-bond donors (Lipinski definition) is 1. The number of halogens is 1. The number of fused-ring (bicyclic) bond motifs is 1. The van der Waals surface area contributed by atoms with Crippen LogP contribution in [0.2, 0.25) is 36.3 Å². The molecule has 0 aliphatic carbocycles. The minimum atomic E-state index is -2.29. The van der Waals surface area contributed by atoms with Gasteiger partial charge in [-0.2, -0.15) is 0 Å². The van der Waals surface area contributed by atoms with Crippen LogP contribution < -0.4 is 5.73 Å². The number of ether oxygens (including phenoxy) is 2. The second-order valence-electron chi connectivity index (χ2n) is 12.8. The molecule has 0 amide bonds. The molecule has 10 nitrogen and oxygen atoms in total. The molecule has 3 heterocycles. The fraction of sp³-hybridized carbons (Fsp3) is 0.750. The molecule has 208 valence electrons. The van der Waals surface area contributed by atoms with Crippen LogP contribution in [0.15, 0.2) is 12.7 Å². The van der Waals surface area contributed by atoms with E-state index in [9.17, 15) is 4.79 Å². The number of carbonyl (C=O) groups excluding carboxylic acids is 1. The van der Waals surface area contributed by atoms with Gasteiger partial charge in [-0.15, -0.1) is 0 Å². The average molecular weight is 664 g/mol. The Morgan fingerprint density at radius 3 is 2.24 bits per heavy atom. The zero-order valence-electron chi connectivity index (χ0n) is 23.9. The molecule has 2 aromatic heterocycles. The van der Waals surface area contributed by atoms with Crippen molar-refractivity contribution < 1.29 is 23.1 Å². The van der Waals surface area contributed by atoms with Gasteiger partial charge in [0, 0.05) is 6.92 Å². The molecular weight excluding hydrogens is 621 g/mol. The number of aromatic nitrogens is 4. The third-order valence-corrected chi connectivity index (χ3v) is 18.6. The van der Waals surface area contributed by atoms with Gasteiger partial charge in [0.25, 0.3) is 5.79 Å². The van der Waals surface area contributed by atoms with Gasteiger partial charge in [0.2, 0.25) is 0 Å². The number of rotatable bonds is 7. The van der Waals surface area contributed by atoms with E-state index in [2.05, 4.69) is 105 Å². The number of imidazole rings is 1. The van der Waals surface area contributed by atoms with Crippen molar-refractivity contribution in [3.63, 3.8) is 0 Å². The Morgan fingerprint density at radius 2 is 1.70 bits per heavy atom. The molecule has 1 aliphatic rings. The maximum atomic E-state index is 12.4. The lowest BCUT2D eigenvalue weighted by molar-refractivity contribution is -0.241. The van der Waals surface area contributed by atoms with Crippen LogP contribution >= 0.6 is 22.6 Å². The van der Waals surface area contributed by atoms with Crippen LogP contribution in [0.5, 0.6) is 0 Å². The van der Waals surface area contributed by atoms with E-state index in [1.165, 1.54) is 13.3 Å². The van der Waals surface area contributed by atoms with Crippen molar-refractivity contribution >= 4 is 62.2 Å². The molecule has 0 bridgehead atoms. The van der Waals surface area contributed by atoms with E-state index in [0.29, 0.717) is 11.2 Å². The molecule has 0 aromatic carbocycles. The van der Waals surface area contributed by atoms with Crippen LogP contribution in [0, 0.1) is 0 Å². The summed E-state index contributed by atoms with van der Waals surface area (Å²) in [6.07, 6.45) is 1.87. The van der Waals surface area contributed by atoms with Gasteiger partial charge >= 0.3 is 5.97 Å². The zero-order valence-corrected chi connectivity index (χ0v) is 28.0. The summed E-state index contributed by atoms with van der Waals surface area (Å²) in [6.45, 7) is 23.3. The van der Waals surface area contributed by atoms with Gasteiger partial charge in [-0.3, -0.25) is 9.36 Å². The summed E-state index contributed by atoms with van der Waals surface area (Å²) in [5.41, 5.74) is 7.06. The highest BCUT2D eigenvalue weighted by molar-refractivity contribution is 14.1. The number of alkyl halides is 1. The number of nitrogens with zero attached hydrogens (tertiary/aromatic N) is 4. The molecule has 1 aliphatic heterocycles. The van der Waals surface area contributed by atoms with E-state index in [4.69, 9.17) is 24.1 Å². The van der Waals surface area contributed by atoms with Gasteiger partial charge in [0.15, 0.2) is 34.3 Å². The lowest BCUT2D eigenvalue weighted by Crippen LogP contribution is -2.53. The van der Waals surface area contributed by atoms with E-state index in [1.807, 2.05) is 0 Å². The van der Waals surface area contributed by atoms with Gasteiger partial charge in [0.05, 0.1) is 6.33 Å². The standard InChI is InChI=1S/C24H42IN5O5Si2/c1-15(31)33-24(12-32-36(8,9)22(2,3)4)18(25)17(35-37(10,11)23(5,6)7)21(34-24)30-14-29-16-19(26)27-13-28-20(16)30/h13-14,17-18,21H,12H2,1-11H3,(H2,26,27,28)/t17-,18+,21-,24-/m1/s1. The van der Waals surface area contributed by atoms with E-state index < -0.39 is 40.7 Å². The summed E-state index contributed by atoms with van der Waals surface area (Å²) >= 11 is 2.29. The number of nitrogen functional groups attached to an aromatic ring is 1. The molecule has 1 saturated heterocycles. The van der Waals surface area contributed by atoms with Crippen molar-refractivity contribution in [2.24, 2.45) is 0 Å². The fourth-order valence-corrected chi connectivity index (χ4v) is 7.12. The van der Waals surface area contributed by atoms with E-state index >= 15 is 0 Å². The first-order chi connectivity index (χ1) is 16.7. The summed E-state index contributed by atoms with van der Waals surface area (Å²) in [7, 11) is -4.49. The molecule has 1 fully saturated rings. The van der Waals surface area contributed by atoms with Gasteiger partial charge in [-0.25, -0.2) is 15.0 Å². The summed E-state index contributed by atoms with van der Waals surface area (Å²) in [6, 6.07) is 0. The van der Waals surface area contributed by atoms with E-state index in [1.54, 1.807) is 10.9 Å². The van der Waals surface area contributed by atoms with Gasteiger partial charge in [-0.05, 0) is 36.3 Å². The van der Waals surface area contributed by atoms with Crippen LogP contribution in [-0.4, -0.2) is 64.5 Å². The van der Waals surface area contributed by atoms with E-state index in [-0.39, 0.29) is 26.4 Å². The van der Waals surface area contributed by atoms with Crippen molar-refractivity contribution in [3.8, 4) is 0 Å². The third-order valence-electron chi connectivity index (χ3n) is 7.96. The topological polar surface area (TPSA) is 124 Å². The summed E-state index contributed by atoms with van der Waals surface area (Å²) in [4.78, 5) is 25.4. The predicted molar refractivity (Wildman–Crippen MR) is 157 cm³/mol. The average Bonchev–Trinajstić information content (AvgIpc) is 3.26. The minimum absolute atomic E-state index is 0.0325. The zero-order chi connectivity index (χ0) is 28.2. The normalized spacial score (nSPS) is 25.6. The Labute approximate surface area is 235 Å². The highest BCUT2D eigenvalue weighted by Crippen LogP contribution is 2.49. The van der Waals surface area contributed by atoms with Crippen molar-refractivity contribution in [2.45, 2.75) is 107 Å². The van der Waals surface area contributed by atoms with Crippen LogP contribution in [0.3, 0.4) is 0 Å². The number of esters is 1. The lowest BCUT2D eigenvalue weighted by Gasteiger charge is -2.41. The molecule has 0 radical (unpaired) electrons. The number of nitrogens with two attached hydrogens (primary N) is 1. The quantitative estimate of drug-likeness (QED) is 0.179. The maximum Gasteiger partial charge on any atom is 0.305 e. The largest absolute Gasteiger partial charge is 0.429 e. The van der Waals surface area contributed by atoms with Gasteiger partial charge in [0.1, 0.15) is 28.5 Å². The summed E-state index contributed by atoms with van der Waals surface area (Å²) in [5, 5.41) is -0.0862. The first-order valence-electron chi connectivity index (χ1n) is 12.5. The Bertz CT molecular complexity index is 1150. The Kier molecular flexibility index (Phi) is 8.31. The Balaban J connectivity index is 2.13. The maximum absolute atomic E-state index is 12.4. The van der Waals surface area contributed by atoms with Crippen LogP contribution in [0.25, 0.3) is 11.2 Å². The molecule has 2 N–H and O–H groups in total. The molecule has 2 aromatic rings. The van der Waals surface area contributed by atoms with Crippen molar-refractivity contribution in [2.75, 3.05) is 12.3 Å². The van der Waals surface area contributed by atoms with E-state index in [0.717, 1.165) is 0 Å². The smallest absolute Gasteiger partial charge is 0.305 e. The second-order valence-corrected chi connectivity index (χ2v) is 23.7. The number of carbonyl (C=O) groups is 1. The monoisotopic (exact) mass is 663 g/mol. The van der Waals surface area contributed by atoms with Crippen molar-refractivity contribution in [1.29, 1.82) is 0 Å². The van der Waals surface area contributed by atoms with Gasteiger partial charge in [-0.1, -0.05) is 64.1 Å². The van der Waals surface area contributed by atoms with Gasteiger partial charge < -0.3 is 24.1 Å². The molecule has 0 spiro atoms. The summed E-state index contributed by atoms with van der Waals surface area (Å²) < 4.78 is 27.7. The lowest BCUT2D eigenvalue weighted by atomic mass is 10.1. The second kappa shape index (κ2) is 10.1. The molecule has 13 heteroatoms. The highest BCUT2D eigenvalue weighted by atomic mass is 127. The Hall–Kier alpha value is -1.14. The molecule has 0 saturated carbocycles. The molecule has 0 unspecified atom stereocenters. The van der Waals surface area contributed by atoms with Crippen LogP contribution in [0.1, 0.15) is 54.7 Å². The SMILES string of the molecule is CC(=O)O[C@]1(CO[Si](C)(C)C(C)(C)C)O[C@@H](n2cnc3c(N)ncnc32)[C@H](O[Si](C)(C)C(C)(C)C)[C@@H]1I. The summed E-state index contributed by atoms with van der Waals surface area (Å²) in [5.74, 6) is -1.54. The fourth-order valence-electron chi connectivity index (χ4n) is 3.60.